The molecule has 2 rings (SSSR count). The summed E-state index contributed by atoms with van der Waals surface area (Å²) in [5.41, 5.74) is 3.78. The van der Waals surface area contributed by atoms with E-state index in [1.807, 2.05) is 17.9 Å². The zero-order chi connectivity index (χ0) is 18.6. The maximum Gasteiger partial charge on any atom is 0.255 e. The van der Waals surface area contributed by atoms with E-state index in [9.17, 15) is 13.6 Å². The summed E-state index contributed by atoms with van der Waals surface area (Å²) >= 11 is 6.16. The van der Waals surface area contributed by atoms with Crippen LogP contribution in [0.15, 0.2) is 42.3 Å². The van der Waals surface area contributed by atoms with Crippen LogP contribution < -0.4 is 5.32 Å². The quantitative estimate of drug-likeness (QED) is 0.344. The Hall–Kier alpha value is -2.21. The summed E-state index contributed by atoms with van der Waals surface area (Å²) in [5, 5.41) is 3.02. The molecule has 0 saturated heterocycles. The van der Waals surface area contributed by atoms with Crippen molar-refractivity contribution in [2.75, 3.05) is 6.54 Å². The highest BCUT2D eigenvalue weighted by Gasteiger charge is 2.29. The third-order valence-electron chi connectivity index (χ3n) is 4.06. The highest BCUT2D eigenvalue weighted by Crippen LogP contribution is 2.37. The molecule has 0 saturated carbocycles. The second-order valence-corrected chi connectivity index (χ2v) is 6.19. The van der Waals surface area contributed by atoms with E-state index in [4.69, 9.17) is 11.6 Å². The van der Waals surface area contributed by atoms with Gasteiger partial charge in [-0.2, -0.15) is 0 Å². The summed E-state index contributed by atoms with van der Waals surface area (Å²) in [6.07, 6.45) is 3.08. The minimum absolute atomic E-state index is 0.198. The van der Waals surface area contributed by atoms with Gasteiger partial charge >= 0.3 is 0 Å². The van der Waals surface area contributed by atoms with Gasteiger partial charge in [0.1, 0.15) is 11.4 Å². The SMILES string of the molecule is C=C1c2ccnc(Cl)c2CN1C(C)C(C=C(C)C=O)=CNCC(F)F. The van der Waals surface area contributed by atoms with Gasteiger partial charge in [0.15, 0.2) is 0 Å². The van der Waals surface area contributed by atoms with Crippen molar-refractivity contribution in [1.82, 2.24) is 15.2 Å². The molecule has 1 N–H and O–H groups in total. The fourth-order valence-electron chi connectivity index (χ4n) is 2.70. The van der Waals surface area contributed by atoms with Gasteiger partial charge in [0.2, 0.25) is 0 Å². The Morgan fingerprint density at radius 1 is 1.56 bits per heavy atom. The van der Waals surface area contributed by atoms with Gasteiger partial charge in [0.25, 0.3) is 6.43 Å². The number of hydrogen-bond donors (Lipinski definition) is 1. The Morgan fingerprint density at radius 3 is 2.88 bits per heavy atom. The molecule has 7 heteroatoms. The number of carbonyl (C=O) groups is 1. The second-order valence-electron chi connectivity index (χ2n) is 5.83. The first-order valence-electron chi connectivity index (χ1n) is 7.79. The largest absolute Gasteiger partial charge is 0.385 e. The molecule has 4 nitrogen and oxygen atoms in total. The van der Waals surface area contributed by atoms with Crippen LogP contribution in [0, 0.1) is 0 Å². The first-order chi connectivity index (χ1) is 11.8. The van der Waals surface area contributed by atoms with Gasteiger partial charge in [0, 0.05) is 35.8 Å². The van der Waals surface area contributed by atoms with Crippen molar-refractivity contribution in [1.29, 1.82) is 0 Å². The van der Waals surface area contributed by atoms with Gasteiger partial charge in [-0.1, -0.05) is 18.2 Å². The van der Waals surface area contributed by atoms with Crippen LogP contribution in [0.5, 0.6) is 0 Å². The van der Waals surface area contributed by atoms with Gasteiger partial charge in [-0.25, -0.2) is 13.8 Å². The molecule has 134 valence electrons. The number of rotatable bonds is 7. The van der Waals surface area contributed by atoms with Crippen molar-refractivity contribution in [3.63, 3.8) is 0 Å². The number of halogens is 3. The van der Waals surface area contributed by atoms with E-state index < -0.39 is 13.0 Å². The average molecular weight is 368 g/mol. The van der Waals surface area contributed by atoms with Crippen molar-refractivity contribution in [3.8, 4) is 0 Å². The van der Waals surface area contributed by atoms with Crippen molar-refractivity contribution < 1.29 is 13.6 Å². The summed E-state index contributed by atoms with van der Waals surface area (Å²) in [6, 6.07) is 1.65. The van der Waals surface area contributed by atoms with Crippen LogP contribution in [0.3, 0.4) is 0 Å². The van der Waals surface area contributed by atoms with E-state index in [1.54, 1.807) is 19.2 Å². The standard InChI is InChI=1S/C18H20ClF2N3O/c1-11(10-25)6-14(7-22-8-17(20)21)12(2)24-9-16-15(13(24)3)4-5-23-18(16)19/h4-7,10,12,17,22H,3,8-9H2,1-2H3. The molecule has 25 heavy (non-hydrogen) atoms. The lowest BCUT2D eigenvalue weighted by Gasteiger charge is -2.29. The first-order valence-corrected chi connectivity index (χ1v) is 8.17. The molecule has 1 aliphatic rings. The summed E-state index contributed by atoms with van der Waals surface area (Å²) < 4.78 is 24.8. The number of carbonyl (C=O) groups excluding carboxylic acids is 1. The number of nitrogens with one attached hydrogen (secondary N) is 1. The maximum absolute atomic E-state index is 12.4. The van der Waals surface area contributed by atoms with E-state index in [0.717, 1.165) is 23.1 Å². The molecule has 1 unspecified atom stereocenters. The molecule has 0 fully saturated rings. The zero-order valence-electron chi connectivity index (χ0n) is 14.1. The Bertz CT molecular complexity index is 731. The van der Waals surface area contributed by atoms with Crippen LogP contribution >= 0.6 is 11.6 Å². The Labute approximate surface area is 150 Å². The van der Waals surface area contributed by atoms with Crippen molar-refractivity contribution in [2.24, 2.45) is 0 Å². The highest BCUT2D eigenvalue weighted by molar-refractivity contribution is 6.30. The third kappa shape index (κ3) is 4.45. The molecule has 0 spiro atoms. The van der Waals surface area contributed by atoms with E-state index in [2.05, 4.69) is 16.9 Å². The Morgan fingerprint density at radius 2 is 2.28 bits per heavy atom. The molecule has 0 bridgehead atoms. The van der Waals surface area contributed by atoms with Gasteiger partial charge in [-0.05, 0) is 37.1 Å². The number of aromatic nitrogens is 1. The topological polar surface area (TPSA) is 45.2 Å². The fraction of sp³-hybridized carbons (Fsp3) is 0.333. The third-order valence-corrected chi connectivity index (χ3v) is 4.39. The lowest BCUT2D eigenvalue weighted by molar-refractivity contribution is -0.104. The van der Waals surface area contributed by atoms with Crippen molar-refractivity contribution >= 4 is 23.6 Å². The predicted molar refractivity (Wildman–Crippen MR) is 95.2 cm³/mol. The first kappa shape index (κ1) is 19.1. The Balaban J connectivity index is 2.28. The number of allylic oxidation sites excluding steroid dienone is 1. The summed E-state index contributed by atoms with van der Waals surface area (Å²) in [4.78, 5) is 17.0. The van der Waals surface area contributed by atoms with Crippen LogP contribution in [0.4, 0.5) is 8.78 Å². The lowest BCUT2D eigenvalue weighted by Crippen LogP contribution is -2.29. The average Bonchev–Trinajstić information content (AvgIpc) is 2.91. The number of aldehydes is 1. The van der Waals surface area contributed by atoms with Crippen molar-refractivity contribution in [3.05, 3.63) is 58.5 Å². The minimum atomic E-state index is -2.46. The number of alkyl halides is 2. The van der Waals surface area contributed by atoms with Crippen LogP contribution in [0.25, 0.3) is 5.70 Å². The normalized spacial score (nSPS) is 16.2. The summed E-state index contributed by atoms with van der Waals surface area (Å²) in [6.45, 7) is 7.75. The number of nitrogens with zero attached hydrogens (tertiary/aromatic N) is 2. The monoisotopic (exact) mass is 367 g/mol. The van der Waals surface area contributed by atoms with Crippen LogP contribution in [0.1, 0.15) is 25.0 Å². The zero-order valence-corrected chi connectivity index (χ0v) is 14.9. The van der Waals surface area contributed by atoms with Crippen LogP contribution in [-0.2, 0) is 11.3 Å². The maximum atomic E-state index is 12.4. The lowest BCUT2D eigenvalue weighted by atomic mass is 10.1. The predicted octanol–water partition coefficient (Wildman–Crippen LogP) is 3.79. The highest BCUT2D eigenvalue weighted by atomic mass is 35.5. The number of hydrogen-bond acceptors (Lipinski definition) is 4. The summed E-state index contributed by atoms with van der Waals surface area (Å²) in [5.74, 6) is 0. The molecule has 1 aliphatic heterocycles. The molecule has 0 aliphatic carbocycles. The van der Waals surface area contributed by atoms with E-state index >= 15 is 0 Å². The second kappa shape index (κ2) is 8.25. The smallest absolute Gasteiger partial charge is 0.255 e. The molecule has 2 heterocycles. The van der Waals surface area contributed by atoms with E-state index in [0.29, 0.717) is 22.8 Å². The van der Waals surface area contributed by atoms with Gasteiger partial charge in [-0.3, -0.25) is 4.79 Å². The van der Waals surface area contributed by atoms with E-state index in [-0.39, 0.29) is 6.04 Å². The van der Waals surface area contributed by atoms with Crippen molar-refractivity contribution in [2.45, 2.75) is 32.9 Å². The number of pyridine rings is 1. The number of fused-ring (bicyclic) bond motifs is 1. The van der Waals surface area contributed by atoms with Crippen LogP contribution in [-0.4, -0.2) is 35.2 Å². The minimum Gasteiger partial charge on any atom is -0.385 e. The molecule has 0 amide bonds. The van der Waals surface area contributed by atoms with E-state index in [1.165, 1.54) is 6.20 Å². The van der Waals surface area contributed by atoms with Gasteiger partial charge < -0.3 is 10.2 Å². The summed E-state index contributed by atoms with van der Waals surface area (Å²) in [7, 11) is 0. The molecule has 1 aromatic rings. The molecule has 1 aromatic heterocycles. The molecular formula is C18H20ClF2N3O. The Kier molecular flexibility index (Phi) is 6.31. The van der Waals surface area contributed by atoms with Gasteiger partial charge in [0.05, 0.1) is 12.6 Å². The van der Waals surface area contributed by atoms with Crippen LogP contribution in [0.2, 0.25) is 5.15 Å². The molecule has 1 atom stereocenters. The molecule has 0 aromatic carbocycles. The molecular weight excluding hydrogens is 348 g/mol. The molecule has 0 radical (unpaired) electrons. The van der Waals surface area contributed by atoms with Gasteiger partial charge in [-0.15, -0.1) is 0 Å². The fourth-order valence-corrected chi connectivity index (χ4v) is 2.92.